The lowest BCUT2D eigenvalue weighted by Gasteiger charge is -2.24. The molecule has 0 aliphatic rings. The Kier molecular flexibility index (Phi) is 6.26. The van der Waals surface area contributed by atoms with E-state index in [-0.39, 0.29) is 12.4 Å². The lowest BCUT2D eigenvalue weighted by molar-refractivity contribution is -0.120. The number of hydrogen-bond donors (Lipinski definition) is 1. The Morgan fingerprint density at radius 2 is 1.85 bits per heavy atom. The van der Waals surface area contributed by atoms with E-state index < -0.39 is 22.0 Å². The molecule has 26 heavy (non-hydrogen) atoms. The van der Waals surface area contributed by atoms with Crippen molar-refractivity contribution in [1.29, 1.82) is 0 Å². The molecule has 0 fully saturated rings. The third-order valence-corrected chi connectivity index (χ3v) is 5.22. The van der Waals surface area contributed by atoms with Gasteiger partial charge < -0.3 is 5.32 Å². The van der Waals surface area contributed by atoms with Crippen LogP contribution in [0.3, 0.4) is 0 Å². The van der Waals surface area contributed by atoms with Gasteiger partial charge in [0.15, 0.2) is 0 Å². The molecule has 0 unspecified atom stereocenters. The van der Waals surface area contributed by atoms with Crippen molar-refractivity contribution in [3.05, 3.63) is 64.4 Å². The Bertz CT molecular complexity index is 901. The second-order valence-electron chi connectivity index (χ2n) is 6.04. The van der Waals surface area contributed by atoms with Crippen LogP contribution in [0.2, 0.25) is 5.02 Å². The minimum absolute atomic E-state index is 0.367. The average molecular weight is 399 g/mol. The first-order valence-corrected chi connectivity index (χ1v) is 10.1. The maximum atomic E-state index is 13.0. The van der Waals surface area contributed by atoms with Gasteiger partial charge in [-0.1, -0.05) is 23.7 Å². The van der Waals surface area contributed by atoms with Crippen LogP contribution in [0, 0.1) is 12.7 Å². The molecule has 2 aromatic rings. The molecule has 0 aliphatic heterocycles. The fourth-order valence-electron chi connectivity index (χ4n) is 2.53. The van der Waals surface area contributed by atoms with Crippen LogP contribution in [0.25, 0.3) is 0 Å². The van der Waals surface area contributed by atoms with Gasteiger partial charge in [-0.25, -0.2) is 12.8 Å². The Hall–Kier alpha value is -2.12. The van der Waals surface area contributed by atoms with Crippen molar-refractivity contribution in [3.63, 3.8) is 0 Å². The summed E-state index contributed by atoms with van der Waals surface area (Å²) in [4.78, 5) is 12.4. The topological polar surface area (TPSA) is 66.5 Å². The standard InChI is InChI=1S/C18H20ClFN2O3S/c1-12-10-15(19)6-9-17(12)22(26(3,24)25)11-18(23)21-13(2)14-4-7-16(20)8-5-14/h4-10,13H,11H2,1-3H3,(H,21,23)/t13-/m1/s1. The van der Waals surface area contributed by atoms with Crippen LogP contribution in [-0.4, -0.2) is 27.1 Å². The molecule has 8 heteroatoms. The molecule has 5 nitrogen and oxygen atoms in total. The highest BCUT2D eigenvalue weighted by molar-refractivity contribution is 7.92. The summed E-state index contributed by atoms with van der Waals surface area (Å²) >= 11 is 5.92. The summed E-state index contributed by atoms with van der Waals surface area (Å²) < 4.78 is 38.4. The molecule has 0 bridgehead atoms. The van der Waals surface area contributed by atoms with Crippen molar-refractivity contribution in [2.24, 2.45) is 0 Å². The first-order chi connectivity index (χ1) is 12.1. The maximum Gasteiger partial charge on any atom is 0.241 e. The summed E-state index contributed by atoms with van der Waals surface area (Å²) in [7, 11) is -3.67. The van der Waals surface area contributed by atoms with Crippen LogP contribution in [0.15, 0.2) is 42.5 Å². The number of aryl methyl sites for hydroxylation is 1. The van der Waals surface area contributed by atoms with E-state index in [9.17, 15) is 17.6 Å². The van der Waals surface area contributed by atoms with Gasteiger partial charge in [0.2, 0.25) is 15.9 Å². The van der Waals surface area contributed by atoms with Crippen LogP contribution < -0.4 is 9.62 Å². The fourth-order valence-corrected chi connectivity index (χ4v) is 3.67. The SMILES string of the molecule is Cc1cc(Cl)ccc1N(CC(=O)N[C@H](C)c1ccc(F)cc1)S(C)(=O)=O. The van der Waals surface area contributed by atoms with Crippen LogP contribution in [-0.2, 0) is 14.8 Å². The molecule has 0 aromatic heterocycles. The molecule has 140 valence electrons. The average Bonchev–Trinajstić information content (AvgIpc) is 2.53. The zero-order valence-corrected chi connectivity index (χ0v) is 16.2. The Balaban J connectivity index is 2.18. The number of halogens is 2. The Morgan fingerprint density at radius 1 is 1.23 bits per heavy atom. The van der Waals surface area contributed by atoms with Gasteiger partial charge in [0.25, 0.3) is 0 Å². The molecule has 1 atom stereocenters. The smallest absolute Gasteiger partial charge is 0.241 e. The van der Waals surface area contributed by atoms with Crippen molar-refractivity contribution in [1.82, 2.24) is 5.32 Å². The monoisotopic (exact) mass is 398 g/mol. The Labute approximate surface area is 157 Å². The normalized spacial score (nSPS) is 12.5. The van der Waals surface area contributed by atoms with E-state index in [0.717, 1.165) is 10.6 Å². The molecule has 0 saturated heterocycles. The summed E-state index contributed by atoms with van der Waals surface area (Å²) in [6.07, 6.45) is 1.04. The predicted octanol–water partition coefficient (Wildman–Crippen LogP) is 3.43. The number of benzene rings is 2. The van der Waals surface area contributed by atoms with E-state index in [1.54, 1.807) is 44.2 Å². The molecular weight excluding hydrogens is 379 g/mol. The molecule has 1 amide bonds. The van der Waals surface area contributed by atoms with Crippen molar-refractivity contribution in [3.8, 4) is 0 Å². The van der Waals surface area contributed by atoms with Crippen LogP contribution in [0.5, 0.6) is 0 Å². The van der Waals surface area contributed by atoms with E-state index in [0.29, 0.717) is 21.8 Å². The van der Waals surface area contributed by atoms with Gasteiger partial charge in [-0.15, -0.1) is 0 Å². The number of amides is 1. The van der Waals surface area contributed by atoms with Crippen molar-refractivity contribution in [2.75, 3.05) is 17.1 Å². The van der Waals surface area contributed by atoms with Crippen molar-refractivity contribution < 1.29 is 17.6 Å². The van der Waals surface area contributed by atoms with Gasteiger partial charge in [-0.2, -0.15) is 0 Å². The summed E-state index contributed by atoms with van der Waals surface area (Å²) in [5.74, 6) is -0.838. The quantitative estimate of drug-likeness (QED) is 0.810. The molecule has 2 aromatic carbocycles. The highest BCUT2D eigenvalue weighted by atomic mass is 35.5. The molecule has 0 heterocycles. The number of carbonyl (C=O) groups excluding carboxylic acids is 1. The Morgan fingerprint density at radius 3 is 2.38 bits per heavy atom. The van der Waals surface area contributed by atoms with Gasteiger partial charge in [0, 0.05) is 5.02 Å². The third-order valence-electron chi connectivity index (χ3n) is 3.86. The molecule has 0 radical (unpaired) electrons. The molecule has 2 rings (SSSR count). The van der Waals surface area contributed by atoms with Crippen LogP contribution in [0.1, 0.15) is 24.1 Å². The number of nitrogens with one attached hydrogen (secondary N) is 1. The van der Waals surface area contributed by atoms with Crippen molar-refractivity contribution in [2.45, 2.75) is 19.9 Å². The van der Waals surface area contributed by atoms with Gasteiger partial charge >= 0.3 is 0 Å². The minimum atomic E-state index is -3.67. The molecule has 0 saturated carbocycles. The van der Waals surface area contributed by atoms with Gasteiger partial charge in [-0.3, -0.25) is 9.10 Å². The second-order valence-corrected chi connectivity index (χ2v) is 8.38. The van der Waals surface area contributed by atoms with Crippen molar-refractivity contribution >= 4 is 33.2 Å². The molecular formula is C18H20ClFN2O3S. The summed E-state index contributed by atoms with van der Waals surface area (Å²) in [5.41, 5.74) is 1.75. The number of carbonyl (C=O) groups is 1. The summed E-state index contributed by atoms with van der Waals surface area (Å²) in [6, 6.07) is 10.1. The first-order valence-electron chi connectivity index (χ1n) is 7.86. The number of hydrogen-bond acceptors (Lipinski definition) is 3. The summed E-state index contributed by atoms with van der Waals surface area (Å²) in [5, 5.41) is 3.21. The molecule has 1 N–H and O–H groups in total. The van der Waals surface area contributed by atoms with E-state index in [1.807, 2.05) is 0 Å². The minimum Gasteiger partial charge on any atom is -0.348 e. The predicted molar refractivity (Wildman–Crippen MR) is 101 cm³/mol. The van der Waals surface area contributed by atoms with E-state index in [4.69, 9.17) is 11.6 Å². The zero-order chi connectivity index (χ0) is 19.5. The summed E-state index contributed by atoms with van der Waals surface area (Å²) in [6.45, 7) is 3.09. The second kappa shape index (κ2) is 8.05. The zero-order valence-electron chi connectivity index (χ0n) is 14.7. The highest BCUT2D eigenvalue weighted by Crippen LogP contribution is 2.25. The van der Waals surface area contributed by atoms with E-state index in [1.165, 1.54) is 12.1 Å². The molecule has 0 spiro atoms. The number of sulfonamides is 1. The van der Waals surface area contributed by atoms with Crippen LogP contribution in [0.4, 0.5) is 10.1 Å². The number of anilines is 1. The number of nitrogens with zero attached hydrogens (tertiary/aromatic N) is 1. The largest absolute Gasteiger partial charge is 0.348 e. The van der Waals surface area contributed by atoms with E-state index >= 15 is 0 Å². The van der Waals surface area contributed by atoms with E-state index in [2.05, 4.69) is 5.32 Å². The molecule has 0 aliphatic carbocycles. The maximum absolute atomic E-state index is 13.0. The third kappa shape index (κ3) is 5.19. The van der Waals surface area contributed by atoms with Gasteiger partial charge in [0.1, 0.15) is 12.4 Å². The lowest BCUT2D eigenvalue weighted by Crippen LogP contribution is -2.41. The fraction of sp³-hybridized carbons (Fsp3) is 0.278. The van der Waals surface area contributed by atoms with Crippen LogP contribution >= 0.6 is 11.6 Å². The van der Waals surface area contributed by atoms with Gasteiger partial charge in [0.05, 0.1) is 18.0 Å². The number of rotatable bonds is 6. The van der Waals surface area contributed by atoms with Gasteiger partial charge in [-0.05, 0) is 55.3 Å². The highest BCUT2D eigenvalue weighted by Gasteiger charge is 2.23. The lowest BCUT2D eigenvalue weighted by atomic mass is 10.1. The first kappa shape index (κ1) is 20.2.